The molecule has 0 unspecified atom stereocenters. The second-order valence-corrected chi connectivity index (χ2v) is 5.21. The van der Waals surface area contributed by atoms with Gasteiger partial charge in [-0.2, -0.15) is 5.10 Å². The third kappa shape index (κ3) is 4.23. The molecule has 0 spiro atoms. The van der Waals surface area contributed by atoms with Crippen LogP contribution >= 0.6 is 11.6 Å². The van der Waals surface area contributed by atoms with Crippen molar-refractivity contribution in [2.24, 2.45) is 0 Å². The molecule has 1 aromatic carbocycles. The van der Waals surface area contributed by atoms with Crippen LogP contribution in [0.15, 0.2) is 36.5 Å². The number of carbonyl (C=O) groups is 1. The number of nitrogens with zero attached hydrogens (tertiary/aromatic N) is 3. The molecule has 112 valence electrons. The fourth-order valence-electron chi connectivity index (χ4n) is 2.16. The summed E-state index contributed by atoms with van der Waals surface area (Å²) in [4.78, 5) is 12.9. The Morgan fingerprint density at radius 1 is 1.33 bits per heavy atom. The normalized spacial score (nSPS) is 10.6. The Bertz CT molecular complexity index is 595. The first kappa shape index (κ1) is 15.4. The Balaban J connectivity index is 2.21. The van der Waals surface area contributed by atoms with E-state index in [1.807, 2.05) is 22.9 Å². The van der Waals surface area contributed by atoms with Gasteiger partial charge in [0.15, 0.2) is 0 Å². The molecule has 5 nitrogen and oxygen atoms in total. The van der Waals surface area contributed by atoms with Crippen LogP contribution in [0.4, 0.5) is 5.69 Å². The van der Waals surface area contributed by atoms with Crippen LogP contribution in [0.5, 0.6) is 0 Å². The van der Waals surface area contributed by atoms with E-state index in [0.717, 1.165) is 24.3 Å². The molecule has 1 aromatic heterocycles. The van der Waals surface area contributed by atoms with Crippen LogP contribution in [0.2, 0.25) is 5.02 Å². The lowest BCUT2D eigenvalue weighted by atomic mass is 10.2. The summed E-state index contributed by atoms with van der Waals surface area (Å²) >= 11 is 5.88. The average molecular weight is 308 g/mol. The van der Waals surface area contributed by atoms with Crippen molar-refractivity contribution < 1.29 is 9.90 Å². The number of halogens is 1. The third-order valence-electron chi connectivity index (χ3n) is 3.11. The van der Waals surface area contributed by atoms with Gasteiger partial charge in [0.2, 0.25) is 0 Å². The predicted octanol–water partition coefficient (Wildman–Crippen LogP) is 3.04. The highest BCUT2D eigenvalue weighted by molar-refractivity contribution is 6.30. The molecular weight excluding hydrogens is 290 g/mol. The summed E-state index contributed by atoms with van der Waals surface area (Å²) in [6.45, 7) is 3.33. The molecule has 6 heteroatoms. The molecule has 0 radical (unpaired) electrons. The highest BCUT2D eigenvalue weighted by Crippen LogP contribution is 2.20. The summed E-state index contributed by atoms with van der Waals surface area (Å²) < 4.78 is 1.91. The molecular formula is C15H18ClN3O2. The molecule has 1 N–H and O–H groups in total. The van der Waals surface area contributed by atoms with E-state index in [2.05, 4.69) is 12.0 Å². The van der Waals surface area contributed by atoms with Crippen molar-refractivity contribution in [3.8, 4) is 0 Å². The number of rotatable bonds is 7. The molecule has 0 saturated heterocycles. The number of carboxylic acid groups (broad SMARTS) is 1. The number of aromatic nitrogens is 2. The second-order valence-electron chi connectivity index (χ2n) is 4.77. The zero-order valence-electron chi connectivity index (χ0n) is 11.9. The van der Waals surface area contributed by atoms with E-state index in [-0.39, 0.29) is 6.54 Å². The average Bonchev–Trinajstić information content (AvgIpc) is 2.86. The van der Waals surface area contributed by atoms with Crippen LogP contribution in [0.25, 0.3) is 0 Å². The summed E-state index contributed by atoms with van der Waals surface area (Å²) in [5.74, 6) is -0.869. The van der Waals surface area contributed by atoms with Gasteiger partial charge in [0, 0.05) is 23.5 Å². The summed E-state index contributed by atoms with van der Waals surface area (Å²) in [5.41, 5.74) is 1.82. The van der Waals surface area contributed by atoms with Gasteiger partial charge < -0.3 is 10.0 Å². The second kappa shape index (κ2) is 7.13. The van der Waals surface area contributed by atoms with Crippen LogP contribution in [0.1, 0.15) is 19.0 Å². The van der Waals surface area contributed by atoms with Crippen molar-refractivity contribution in [3.63, 3.8) is 0 Å². The first-order valence-electron chi connectivity index (χ1n) is 6.83. The third-order valence-corrected chi connectivity index (χ3v) is 3.36. The Kier molecular flexibility index (Phi) is 5.22. The van der Waals surface area contributed by atoms with Crippen molar-refractivity contribution in [2.45, 2.75) is 26.4 Å². The van der Waals surface area contributed by atoms with Crippen LogP contribution in [0.3, 0.4) is 0 Å². The Morgan fingerprint density at radius 2 is 2.05 bits per heavy atom. The smallest absolute Gasteiger partial charge is 0.323 e. The summed E-state index contributed by atoms with van der Waals surface area (Å²) in [6.07, 6.45) is 2.72. The lowest BCUT2D eigenvalue weighted by molar-refractivity contribution is -0.135. The van der Waals surface area contributed by atoms with Gasteiger partial charge in [-0.15, -0.1) is 0 Å². The van der Waals surface area contributed by atoms with Gasteiger partial charge in [-0.3, -0.25) is 9.48 Å². The molecule has 0 fully saturated rings. The lowest BCUT2D eigenvalue weighted by Crippen LogP contribution is -2.30. The Hall–Kier alpha value is -2.01. The quantitative estimate of drug-likeness (QED) is 0.854. The highest BCUT2D eigenvalue weighted by Gasteiger charge is 2.13. The molecule has 0 aliphatic rings. The van der Waals surface area contributed by atoms with E-state index in [4.69, 9.17) is 16.7 Å². The SMILES string of the molecule is CCCn1nccc1CN(CC(=O)O)c1ccc(Cl)cc1. The zero-order valence-corrected chi connectivity index (χ0v) is 12.6. The summed E-state index contributed by atoms with van der Waals surface area (Å²) in [5, 5.41) is 14.0. The maximum atomic E-state index is 11.1. The maximum absolute atomic E-state index is 11.1. The van der Waals surface area contributed by atoms with Gasteiger partial charge in [-0.05, 0) is 36.8 Å². The first-order chi connectivity index (χ1) is 10.1. The molecule has 0 aliphatic carbocycles. The maximum Gasteiger partial charge on any atom is 0.323 e. The van der Waals surface area contributed by atoms with Crippen LogP contribution in [0, 0.1) is 0 Å². The van der Waals surface area contributed by atoms with E-state index < -0.39 is 5.97 Å². The van der Waals surface area contributed by atoms with Gasteiger partial charge in [-0.1, -0.05) is 18.5 Å². The molecule has 0 amide bonds. The van der Waals surface area contributed by atoms with Crippen LogP contribution in [-0.2, 0) is 17.9 Å². The fourth-order valence-corrected chi connectivity index (χ4v) is 2.28. The minimum absolute atomic E-state index is 0.0705. The predicted molar refractivity (Wildman–Crippen MR) is 82.7 cm³/mol. The number of hydrogen-bond acceptors (Lipinski definition) is 3. The number of benzene rings is 1. The topological polar surface area (TPSA) is 58.4 Å². The van der Waals surface area contributed by atoms with Crippen molar-refractivity contribution in [2.75, 3.05) is 11.4 Å². The Morgan fingerprint density at radius 3 is 2.67 bits per heavy atom. The van der Waals surface area contributed by atoms with E-state index >= 15 is 0 Å². The van der Waals surface area contributed by atoms with E-state index in [0.29, 0.717) is 11.6 Å². The van der Waals surface area contributed by atoms with Crippen molar-refractivity contribution in [1.29, 1.82) is 0 Å². The van der Waals surface area contributed by atoms with Crippen molar-refractivity contribution in [1.82, 2.24) is 9.78 Å². The Labute approximate surface area is 128 Å². The summed E-state index contributed by atoms with van der Waals surface area (Å²) in [6, 6.07) is 9.09. The molecule has 2 aromatic rings. The fraction of sp³-hybridized carbons (Fsp3) is 0.333. The minimum atomic E-state index is -0.869. The van der Waals surface area contributed by atoms with Gasteiger partial charge in [-0.25, -0.2) is 0 Å². The number of anilines is 1. The van der Waals surface area contributed by atoms with Crippen molar-refractivity contribution >= 4 is 23.3 Å². The van der Waals surface area contributed by atoms with Gasteiger partial charge in [0.1, 0.15) is 6.54 Å². The lowest BCUT2D eigenvalue weighted by Gasteiger charge is -2.23. The first-order valence-corrected chi connectivity index (χ1v) is 7.21. The molecule has 0 bridgehead atoms. The van der Waals surface area contributed by atoms with E-state index in [1.54, 1.807) is 23.2 Å². The van der Waals surface area contributed by atoms with Gasteiger partial charge >= 0.3 is 5.97 Å². The highest BCUT2D eigenvalue weighted by atomic mass is 35.5. The zero-order chi connectivity index (χ0) is 15.2. The van der Waals surface area contributed by atoms with Crippen LogP contribution < -0.4 is 4.90 Å². The molecule has 1 heterocycles. The number of aryl methyl sites for hydroxylation is 1. The number of hydrogen-bond donors (Lipinski definition) is 1. The largest absolute Gasteiger partial charge is 0.480 e. The van der Waals surface area contributed by atoms with Gasteiger partial charge in [0.25, 0.3) is 0 Å². The molecule has 0 saturated carbocycles. The van der Waals surface area contributed by atoms with Gasteiger partial charge in [0.05, 0.1) is 12.2 Å². The molecule has 2 rings (SSSR count). The van der Waals surface area contributed by atoms with E-state index in [1.165, 1.54) is 0 Å². The summed E-state index contributed by atoms with van der Waals surface area (Å²) in [7, 11) is 0. The standard InChI is InChI=1S/C15H18ClN3O2/c1-2-9-19-14(7-8-17-19)10-18(11-15(20)21)13-5-3-12(16)4-6-13/h3-8H,2,9-11H2,1H3,(H,20,21). The van der Waals surface area contributed by atoms with E-state index in [9.17, 15) is 4.79 Å². The van der Waals surface area contributed by atoms with Crippen molar-refractivity contribution in [3.05, 3.63) is 47.2 Å². The molecule has 21 heavy (non-hydrogen) atoms. The molecule has 0 aliphatic heterocycles. The van der Waals surface area contributed by atoms with Crippen LogP contribution in [-0.4, -0.2) is 27.4 Å². The minimum Gasteiger partial charge on any atom is -0.480 e. The number of carboxylic acids is 1. The number of aliphatic carboxylic acids is 1. The monoisotopic (exact) mass is 307 g/mol. The molecule has 0 atom stereocenters.